The lowest BCUT2D eigenvalue weighted by atomic mass is 10.3. The maximum Gasteiger partial charge on any atom is 0.243 e. The number of aromatic nitrogens is 2. The van der Waals surface area contributed by atoms with Gasteiger partial charge in [0, 0.05) is 18.8 Å². The van der Waals surface area contributed by atoms with Crippen molar-refractivity contribution in [2.24, 2.45) is 0 Å². The van der Waals surface area contributed by atoms with E-state index in [0.717, 1.165) is 14.4 Å². The molecule has 0 aliphatic carbocycles. The molecule has 11 heteroatoms. The number of rotatable bonds is 10. The smallest absolute Gasteiger partial charge is 0.243 e. The second kappa shape index (κ2) is 10.4. The van der Waals surface area contributed by atoms with Crippen LogP contribution in [0.15, 0.2) is 37.8 Å². The summed E-state index contributed by atoms with van der Waals surface area (Å²) in [6.07, 6.45) is 0. The fraction of sp³-hybridized carbons (Fsp3) is 0.438. The van der Waals surface area contributed by atoms with E-state index in [1.807, 2.05) is 6.92 Å². The van der Waals surface area contributed by atoms with Crippen molar-refractivity contribution in [2.45, 2.75) is 34.3 Å². The Kier molecular flexibility index (Phi) is 8.55. The van der Waals surface area contributed by atoms with Crippen LogP contribution in [0.2, 0.25) is 0 Å². The van der Waals surface area contributed by atoms with E-state index in [-0.39, 0.29) is 16.6 Å². The highest BCUT2D eigenvalue weighted by atomic mass is 32.2. The molecule has 0 atom stereocenters. The van der Waals surface area contributed by atoms with Crippen LogP contribution in [-0.2, 0) is 14.8 Å². The lowest BCUT2D eigenvalue weighted by Crippen LogP contribution is -2.30. The molecule has 0 saturated heterocycles. The predicted molar refractivity (Wildman–Crippen MR) is 112 cm³/mol. The van der Waals surface area contributed by atoms with Crippen molar-refractivity contribution in [2.75, 3.05) is 29.9 Å². The van der Waals surface area contributed by atoms with Crippen molar-refractivity contribution >= 4 is 56.5 Å². The molecule has 2 rings (SSSR count). The Hall–Kier alpha value is -1.14. The van der Waals surface area contributed by atoms with Crippen molar-refractivity contribution < 1.29 is 13.2 Å². The summed E-state index contributed by atoms with van der Waals surface area (Å²) < 4.78 is 28.0. The zero-order chi connectivity index (χ0) is 19.9. The molecule has 0 spiro atoms. The molecule has 0 fully saturated rings. The monoisotopic (exact) mass is 446 g/mol. The van der Waals surface area contributed by atoms with E-state index >= 15 is 0 Å². The van der Waals surface area contributed by atoms with Crippen molar-refractivity contribution in [3.8, 4) is 0 Å². The number of carbonyl (C=O) groups excluding carboxylic acids is 1. The molecule has 1 aromatic carbocycles. The normalized spacial score (nSPS) is 11.7. The first kappa shape index (κ1) is 22.2. The number of carbonyl (C=O) groups is 1. The van der Waals surface area contributed by atoms with Gasteiger partial charge in [-0.25, -0.2) is 8.42 Å². The lowest BCUT2D eigenvalue weighted by Gasteiger charge is -2.18. The maximum absolute atomic E-state index is 12.5. The largest absolute Gasteiger partial charge is 0.325 e. The van der Waals surface area contributed by atoms with Crippen molar-refractivity contribution in [1.29, 1.82) is 0 Å². The van der Waals surface area contributed by atoms with E-state index in [2.05, 4.69) is 15.5 Å². The van der Waals surface area contributed by atoms with Gasteiger partial charge < -0.3 is 5.32 Å². The lowest BCUT2D eigenvalue weighted by molar-refractivity contribution is -0.113. The number of thioether (sulfide) groups is 2. The number of amides is 1. The highest BCUT2D eigenvalue weighted by Crippen LogP contribution is 2.28. The zero-order valence-electron chi connectivity index (χ0n) is 15.3. The van der Waals surface area contributed by atoms with Crippen molar-refractivity contribution in [3.63, 3.8) is 0 Å². The Bertz CT molecular complexity index is 849. The average molecular weight is 447 g/mol. The summed E-state index contributed by atoms with van der Waals surface area (Å²) in [6, 6.07) is 6.21. The number of hydrogen-bond acceptors (Lipinski definition) is 8. The SMILES string of the molecule is CCSc1nnc(SCC(=O)Nc2ccc(S(=O)(=O)N(CC)CC)cc2)s1. The van der Waals surface area contributed by atoms with Gasteiger partial charge in [-0.3, -0.25) is 4.79 Å². The molecular formula is C16H22N4O3S4. The van der Waals surface area contributed by atoms with Crippen LogP contribution >= 0.6 is 34.9 Å². The van der Waals surface area contributed by atoms with E-state index < -0.39 is 10.0 Å². The second-order valence-electron chi connectivity index (χ2n) is 5.22. The third-order valence-electron chi connectivity index (χ3n) is 3.46. The van der Waals surface area contributed by atoms with E-state index in [9.17, 15) is 13.2 Å². The van der Waals surface area contributed by atoms with Gasteiger partial charge in [-0.2, -0.15) is 4.31 Å². The topological polar surface area (TPSA) is 92.3 Å². The molecule has 0 aliphatic heterocycles. The molecule has 0 bridgehead atoms. The summed E-state index contributed by atoms with van der Waals surface area (Å²) in [7, 11) is -3.49. The quantitative estimate of drug-likeness (QED) is 0.559. The minimum atomic E-state index is -3.49. The van der Waals surface area contributed by atoms with Gasteiger partial charge in [-0.1, -0.05) is 55.6 Å². The van der Waals surface area contributed by atoms with Gasteiger partial charge in [-0.05, 0) is 30.0 Å². The predicted octanol–water partition coefficient (Wildman–Crippen LogP) is 3.41. The van der Waals surface area contributed by atoms with Crippen LogP contribution in [0.3, 0.4) is 0 Å². The van der Waals surface area contributed by atoms with Crippen molar-refractivity contribution in [1.82, 2.24) is 14.5 Å². The Morgan fingerprint density at radius 3 is 2.22 bits per heavy atom. The van der Waals surface area contributed by atoms with Crippen LogP contribution in [0.1, 0.15) is 20.8 Å². The Morgan fingerprint density at radius 2 is 1.67 bits per heavy atom. The van der Waals surface area contributed by atoms with Crippen LogP contribution in [0.4, 0.5) is 5.69 Å². The molecule has 1 amide bonds. The first-order chi connectivity index (χ1) is 12.9. The van der Waals surface area contributed by atoms with Crippen molar-refractivity contribution in [3.05, 3.63) is 24.3 Å². The number of hydrogen-bond donors (Lipinski definition) is 1. The molecule has 0 saturated carbocycles. The van der Waals surface area contributed by atoms with Crippen LogP contribution < -0.4 is 5.32 Å². The van der Waals surface area contributed by atoms with Gasteiger partial charge in [0.1, 0.15) is 0 Å². The summed E-state index contributed by atoms with van der Waals surface area (Å²) in [4.78, 5) is 12.3. The third-order valence-corrected chi connectivity index (χ3v) is 8.60. The van der Waals surface area contributed by atoms with Gasteiger partial charge >= 0.3 is 0 Å². The standard InChI is InChI=1S/C16H22N4O3S4/c1-4-20(5-2)27(22,23)13-9-7-12(8-10-13)17-14(21)11-25-16-19-18-15(26-16)24-6-3/h7-10H,4-6,11H2,1-3H3,(H,17,21). The van der Waals surface area contributed by atoms with E-state index in [4.69, 9.17) is 0 Å². The molecule has 0 unspecified atom stereocenters. The van der Waals surface area contributed by atoms with Gasteiger partial charge in [0.15, 0.2) is 8.68 Å². The highest BCUT2D eigenvalue weighted by molar-refractivity contribution is 8.03. The summed E-state index contributed by atoms with van der Waals surface area (Å²) in [5.74, 6) is 0.962. The maximum atomic E-state index is 12.5. The number of sulfonamides is 1. The second-order valence-corrected chi connectivity index (χ2v) is 10.9. The molecule has 148 valence electrons. The van der Waals surface area contributed by atoms with Gasteiger partial charge in [0.25, 0.3) is 0 Å². The molecule has 7 nitrogen and oxygen atoms in total. The molecule has 1 heterocycles. The molecule has 0 radical (unpaired) electrons. The Labute approximate surface area is 172 Å². The molecule has 1 aromatic heterocycles. The minimum Gasteiger partial charge on any atom is -0.325 e. The molecule has 0 aliphatic rings. The Morgan fingerprint density at radius 1 is 1.07 bits per heavy atom. The summed E-state index contributed by atoms with van der Waals surface area (Å²) >= 11 is 4.42. The summed E-state index contributed by atoms with van der Waals surface area (Å²) in [5, 5.41) is 10.9. The fourth-order valence-electron chi connectivity index (χ4n) is 2.18. The van der Waals surface area contributed by atoms with Crippen LogP contribution in [-0.4, -0.2) is 53.4 Å². The van der Waals surface area contributed by atoms with E-state index in [1.54, 1.807) is 37.7 Å². The Balaban J connectivity index is 1.92. The summed E-state index contributed by atoms with van der Waals surface area (Å²) in [5.41, 5.74) is 0.554. The first-order valence-corrected chi connectivity index (χ1v) is 12.6. The first-order valence-electron chi connectivity index (χ1n) is 8.39. The van der Waals surface area contributed by atoms with Crippen LogP contribution in [0.5, 0.6) is 0 Å². The zero-order valence-corrected chi connectivity index (χ0v) is 18.6. The third kappa shape index (κ3) is 6.18. The number of benzene rings is 1. The van der Waals surface area contributed by atoms with Gasteiger partial charge in [-0.15, -0.1) is 10.2 Å². The number of nitrogens with zero attached hydrogens (tertiary/aromatic N) is 3. The van der Waals surface area contributed by atoms with E-state index in [0.29, 0.717) is 18.8 Å². The highest BCUT2D eigenvalue weighted by Gasteiger charge is 2.21. The number of nitrogens with one attached hydrogen (secondary N) is 1. The summed E-state index contributed by atoms with van der Waals surface area (Å²) in [6.45, 7) is 6.48. The van der Waals surface area contributed by atoms with Crippen LogP contribution in [0.25, 0.3) is 0 Å². The van der Waals surface area contributed by atoms with Gasteiger partial charge in [0.2, 0.25) is 15.9 Å². The molecular weight excluding hydrogens is 424 g/mol. The molecule has 27 heavy (non-hydrogen) atoms. The van der Waals surface area contributed by atoms with Crippen LogP contribution in [0, 0.1) is 0 Å². The minimum absolute atomic E-state index is 0.181. The fourth-order valence-corrected chi connectivity index (χ4v) is 6.36. The average Bonchev–Trinajstić information content (AvgIpc) is 3.09. The molecule has 1 N–H and O–H groups in total. The number of anilines is 1. The molecule has 2 aromatic rings. The van der Waals surface area contributed by atoms with E-state index in [1.165, 1.54) is 39.5 Å². The van der Waals surface area contributed by atoms with Gasteiger partial charge in [0.05, 0.1) is 10.6 Å².